The van der Waals surface area contributed by atoms with Gasteiger partial charge in [0, 0.05) is 25.0 Å². The monoisotopic (exact) mass is 386 g/mol. The molecule has 0 aromatic carbocycles. The van der Waals surface area contributed by atoms with Gasteiger partial charge in [-0.05, 0) is 46.1 Å². The highest BCUT2D eigenvalue weighted by Crippen LogP contribution is 2.48. The summed E-state index contributed by atoms with van der Waals surface area (Å²) in [6.07, 6.45) is 0.257. The molecule has 0 radical (unpaired) electrons. The molecule has 7 nitrogen and oxygen atoms in total. The lowest BCUT2D eigenvalue weighted by atomic mass is 9.86. The molecule has 0 heterocycles. The fourth-order valence-electron chi connectivity index (χ4n) is 3.33. The fourth-order valence-corrected chi connectivity index (χ4v) is 6.00. The molecule has 0 bridgehead atoms. The number of esters is 2. The van der Waals surface area contributed by atoms with Crippen molar-refractivity contribution >= 4 is 20.7 Å². The normalized spacial score (nSPS) is 18.6. The van der Waals surface area contributed by atoms with Gasteiger partial charge in [-0.25, -0.2) is 0 Å². The molecular formula is C18H30O7Si. The number of carbonyl (C=O) groups is 2. The zero-order valence-corrected chi connectivity index (χ0v) is 17.6. The number of allylic oxidation sites excluding steroid dienone is 3. The first-order valence-electron chi connectivity index (χ1n) is 8.75. The highest BCUT2D eigenvalue weighted by atomic mass is 28.4. The predicted octanol–water partition coefficient (Wildman–Crippen LogP) is 2.57. The van der Waals surface area contributed by atoms with Crippen molar-refractivity contribution in [3.63, 3.8) is 0 Å². The summed E-state index contributed by atoms with van der Waals surface area (Å²) in [6.45, 7) is 12.8. The van der Waals surface area contributed by atoms with Crippen LogP contribution in [-0.4, -0.2) is 54.8 Å². The number of hydrogen-bond acceptors (Lipinski definition) is 7. The van der Waals surface area contributed by atoms with E-state index >= 15 is 0 Å². The largest absolute Gasteiger partial charge is 0.532 e. The van der Waals surface area contributed by atoms with Gasteiger partial charge in [0.2, 0.25) is 0 Å². The summed E-state index contributed by atoms with van der Waals surface area (Å²) < 4.78 is 27.6. The van der Waals surface area contributed by atoms with E-state index in [9.17, 15) is 9.59 Å². The first kappa shape index (κ1) is 22.6. The SMILES string of the molecule is C=C1CC(C(=O)OC)(C(=O)OC)C/C1=C(\C)[Si](OCC)(OCC)OCC. The molecule has 0 amide bonds. The second kappa shape index (κ2) is 9.45. The van der Waals surface area contributed by atoms with Gasteiger partial charge in [-0.3, -0.25) is 9.59 Å². The van der Waals surface area contributed by atoms with Crippen molar-refractivity contribution in [2.24, 2.45) is 5.41 Å². The quantitative estimate of drug-likeness (QED) is 0.342. The van der Waals surface area contributed by atoms with E-state index in [1.54, 1.807) is 0 Å². The molecular weight excluding hydrogens is 356 g/mol. The third-order valence-electron chi connectivity index (χ3n) is 4.49. The van der Waals surface area contributed by atoms with E-state index in [2.05, 4.69) is 6.58 Å². The van der Waals surface area contributed by atoms with E-state index in [0.29, 0.717) is 25.4 Å². The van der Waals surface area contributed by atoms with Crippen molar-refractivity contribution < 1.29 is 32.3 Å². The van der Waals surface area contributed by atoms with Crippen molar-refractivity contribution in [1.29, 1.82) is 0 Å². The molecule has 0 N–H and O–H groups in total. The zero-order chi connectivity index (χ0) is 20.0. The lowest BCUT2D eigenvalue weighted by molar-refractivity contribution is -0.168. The molecule has 148 valence electrons. The molecule has 1 fully saturated rings. The summed E-state index contributed by atoms with van der Waals surface area (Å²) >= 11 is 0. The fraction of sp³-hybridized carbons (Fsp3) is 0.667. The summed E-state index contributed by atoms with van der Waals surface area (Å²) in [5.74, 6) is -1.27. The maximum Gasteiger partial charge on any atom is 0.532 e. The van der Waals surface area contributed by atoms with Crippen molar-refractivity contribution in [1.82, 2.24) is 0 Å². The molecule has 0 aromatic rings. The lowest BCUT2D eigenvalue weighted by Crippen LogP contribution is -2.48. The smallest absolute Gasteiger partial charge is 0.468 e. The van der Waals surface area contributed by atoms with Crippen LogP contribution in [0, 0.1) is 5.41 Å². The molecule has 0 aromatic heterocycles. The second-order valence-electron chi connectivity index (χ2n) is 5.98. The lowest BCUT2D eigenvalue weighted by Gasteiger charge is -2.30. The number of hydrogen-bond donors (Lipinski definition) is 0. The first-order chi connectivity index (χ1) is 12.3. The van der Waals surface area contributed by atoms with Gasteiger partial charge in [0.1, 0.15) is 0 Å². The predicted molar refractivity (Wildman–Crippen MR) is 98.2 cm³/mol. The van der Waals surface area contributed by atoms with E-state index in [0.717, 1.165) is 10.8 Å². The van der Waals surface area contributed by atoms with E-state index < -0.39 is 26.2 Å². The van der Waals surface area contributed by atoms with Crippen molar-refractivity contribution in [2.45, 2.75) is 40.5 Å². The Labute approximate surface area is 156 Å². The maximum atomic E-state index is 12.4. The highest BCUT2D eigenvalue weighted by molar-refractivity contribution is 6.69. The molecule has 0 saturated heterocycles. The highest BCUT2D eigenvalue weighted by Gasteiger charge is 2.56. The Balaban J connectivity index is 3.47. The molecule has 0 atom stereocenters. The summed E-state index contributed by atoms with van der Waals surface area (Å²) in [4.78, 5) is 24.8. The summed E-state index contributed by atoms with van der Waals surface area (Å²) in [5.41, 5.74) is -0.0146. The standard InChI is InChI=1S/C18H30O7Si/c1-8-23-26(24-9-2,25-10-3)14(5)15-12-18(11-13(15)4,16(19)21-6)17(20)22-7/h4,8-12H2,1-3,5-7H3/b15-14-. The number of carbonyl (C=O) groups excluding carboxylic acids is 2. The molecule has 0 aliphatic heterocycles. The van der Waals surface area contributed by atoms with Gasteiger partial charge < -0.3 is 22.8 Å². The van der Waals surface area contributed by atoms with Crippen LogP contribution >= 0.6 is 0 Å². The Morgan fingerprint density at radius 2 is 1.38 bits per heavy atom. The number of rotatable bonds is 9. The van der Waals surface area contributed by atoms with Crippen molar-refractivity contribution in [3.05, 3.63) is 22.9 Å². The molecule has 1 rings (SSSR count). The third-order valence-corrected chi connectivity index (χ3v) is 7.71. The van der Waals surface area contributed by atoms with E-state index in [1.165, 1.54) is 14.2 Å². The average Bonchev–Trinajstić information content (AvgIpc) is 2.98. The summed E-state index contributed by atoms with van der Waals surface area (Å²) in [5, 5.41) is 0.766. The van der Waals surface area contributed by atoms with Crippen LogP contribution < -0.4 is 0 Å². The van der Waals surface area contributed by atoms with Crippen LogP contribution in [0.1, 0.15) is 40.5 Å². The van der Waals surface area contributed by atoms with Crippen LogP contribution in [0.4, 0.5) is 0 Å². The van der Waals surface area contributed by atoms with Crippen LogP contribution in [0.2, 0.25) is 0 Å². The molecule has 1 saturated carbocycles. The topological polar surface area (TPSA) is 80.3 Å². The number of methoxy groups -OCH3 is 2. The minimum Gasteiger partial charge on any atom is -0.468 e. The number of ether oxygens (including phenoxy) is 2. The van der Waals surface area contributed by atoms with Crippen molar-refractivity contribution in [3.8, 4) is 0 Å². The summed E-state index contributed by atoms with van der Waals surface area (Å²) in [6, 6.07) is 0. The van der Waals surface area contributed by atoms with Gasteiger partial charge in [-0.1, -0.05) is 12.2 Å². The van der Waals surface area contributed by atoms with Crippen LogP contribution in [0.3, 0.4) is 0 Å². The van der Waals surface area contributed by atoms with Gasteiger partial charge in [-0.2, -0.15) is 0 Å². The molecule has 26 heavy (non-hydrogen) atoms. The van der Waals surface area contributed by atoms with E-state index in [4.69, 9.17) is 22.8 Å². The van der Waals surface area contributed by atoms with Crippen LogP contribution in [-0.2, 0) is 32.3 Å². The van der Waals surface area contributed by atoms with Gasteiger partial charge in [0.25, 0.3) is 0 Å². The van der Waals surface area contributed by atoms with Gasteiger partial charge in [0.15, 0.2) is 5.41 Å². The molecule has 0 unspecified atom stereocenters. The third kappa shape index (κ3) is 4.09. The Kier molecular flexibility index (Phi) is 8.20. The second-order valence-corrected chi connectivity index (χ2v) is 8.71. The molecule has 1 aliphatic carbocycles. The Bertz CT molecular complexity index is 549. The van der Waals surface area contributed by atoms with Crippen LogP contribution in [0.25, 0.3) is 0 Å². The first-order valence-corrected chi connectivity index (χ1v) is 10.5. The van der Waals surface area contributed by atoms with E-state index in [-0.39, 0.29) is 12.8 Å². The summed E-state index contributed by atoms with van der Waals surface area (Å²) in [7, 11) is -0.636. The van der Waals surface area contributed by atoms with Gasteiger partial charge >= 0.3 is 20.7 Å². The minimum atomic E-state index is -3.14. The molecule has 1 aliphatic rings. The van der Waals surface area contributed by atoms with Crippen molar-refractivity contribution in [2.75, 3.05) is 34.0 Å². The minimum absolute atomic E-state index is 0.124. The Morgan fingerprint density at radius 3 is 1.73 bits per heavy atom. The van der Waals surface area contributed by atoms with Crippen LogP contribution in [0.5, 0.6) is 0 Å². The Hall–Kier alpha value is -1.48. The van der Waals surface area contributed by atoms with Crippen LogP contribution in [0.15, 0.2) is 22.9 Å². The maximum absolute atomic E-state index is 12.4. The van der Waals surface area contributed by atoms with Gasteiger partial charge in [-0.15, -0.1) is 0 Å². The molecule has 8 heteroatoms. The van der Waals surface area contributed by atoms with E-state index in [1.807, 2.05) is 27.7 Å². The Morgan fingerprint density at radius 1 is 0.962 bits per heavy atom. The zero-order valence-electron chi connectivity index (χ0n) is 16.6. The average molecular weight is 387 g/mol. The van der Waals surface area contributed by atoms with Gasteiger partial charge in [0.05, 0.1) is 14.2 Å². The molecule has 0 spiro atoms.